The van der Waals surface area contributed by atoms with Gasteiger partial charge in [0.25, 0.3) is 0 Å². The maximum atomic E-state index is 12.0. The second kappa shape index (κ2) is 7.11. The number of methoxy groups -OCH3 is 1. The fourth-order valence-electron chi connectivity index (χ4n) is 2.13. The molecule has 0 aliphatic heterocycles. The van der Waals surface area contributed by atoms with E-state index in [-0.39, 0.29) is 5.91 Å². The third kappa shape index (κ3) is 3.98. The molecule has 5 nitrogen and oxygen atoms in total. The summed E-state index contributed by atoms with van der Waals surface area (Å²) in [4.78, 5) is 12.0. The number of thiophene rings is 1. The first-order valence-corrected chi connectivity index (χ1v) is 8.11. The second-order valence-electron chi connectivity index (χ2n) is 4.98. The smallest absolute Gasteiger partial charge is 0.231 e. The quantitative estimate of drug-likeness (QED) is 0.743. The van der Waals surface area contributed by atoms with Crippen molar-refractivity contribution >= 4 is 23.1 Å². The third-order valence-electron chi connectivity index (χ3n) is 3.39. The lowest BCUT2D eigenvalue weighted by molar-refractivity contribution is -0.116. The molecule has 1 N–H and O–H groups in total. The van der Waals surface area contributed by atoms with E-state index in [1.165, 1.54) is 0 Å². The minimum absolute atomic E-state index is 0.103. The Kier molecular flexibility index (Phi) is 4.73. The van der Waals surface area contributed by atoms with Crippen LogP contribution < -0.4 is 10.1 Å². The van der Waals surface area contributed by atoms with Gasteiger partial charge in [-0.15, -0.1) is 0 Å². The Morgan fingerprint density at radius 3 is 2.83 bits per heavy atom. The van der Waals surface area contributed by atoms with Crippen LogP contribution in [-0.2, 0) is 11.2 Å². The van der Waals surface area contributed by atoms with Gasteiger partial charge in [0, 0.05) is 23.4 Å². The molecule has 0 unspecified atom stereocenters. The van der Waals surface area contributed by atoms with Crippen molar-refractivity contribution in [1.29, 1.82) is 0 Å². The van der Waals surface area contributed by atoms with Crippen molar-refractivity contribution in [3.8, 4) is 17.0 Å². The van der Waals surface area contributed by atoms with Gasteiger partial charge in [-0.3, -0.25) is 10.1 Å². The van der Waals surface area contributed by atoms with Crippen molar-refractivity contribution < 1.29 is 14.1 Å². The number of anilines is 1. The number of aryl methyl sites for hydroxylation is 1. The SMILES string of the molecule is COc1ccc(CCC(=O)Nc2cc(-c3ccsc3)no2)cc1. The van der Waals surface area contributed by atoms with Crippen LogP contribution >= 0.6 is 11.3 Å². The number of carbonyl (C=O) groups excluding carboxylic acids is 1. The van der Waals surface area contributed by atoms with Crippen LogP contribution in [0.25, 0.3) is 11.3 Å². The minimum atomic E-state index is -0.103. The van der Waals surface area contributed by atoms with Gasteiger partial charge < -0.3 is 9.26 Å². The Hall–Kier alpha value is -2.60. The van der Waals surface area contributed by atoms with Crippen LogP contribution in [0.15, 0.2) is 51.7 Å². The van der Waals surface area contributed by atoms with Gasteiger partial charge in [0.05, 0.1) is 7.11 Å². The number of carbonyl (C=O) groups is 1. The first-order chi connectivity index (χ1) is 11.2. The highest BCUT2D eigenvalue weighted by Crippen LogP contribution is 2.23. The number of aromatic nitrogens is 1. The Balaban J connectivity index is 1.53. The largest absolute Gasteiger partial charge is 0.497 e. The van der Waals surface area contributed by atoms with Gasteiger partial charge in [-0.1, -0.05) is 17.3 Å². The van der Waals surface area contributed by atoms with Gasteiger partial charge in [0.1, 0.15) is 11.4 Å². The average molecular weight is 328 g/mol. The summed E-state index contributed by atoms with van der Waals surface area (Å²) in [5.41, 5.74) is 2.78. The third-order valence-corrected chi connectivity index (χ3v) is 4.07. The Labute approximate surface area is 137 Å². The Morgan fingerprint density at radius 1 is 1.30 bits per heavy atom. The van der Waals surface area contributed by atoms with Crippen molar-refractivity contribution in [3.63, 3.8) is 0 Å². The van der Waals surface area contributed by atoms with Gasteiger partial charge >= 0.3 is 0 Å². The molecule has 3 rings (SSSR count). The zero-order valence-corrected chi connectivity index (χ0v) is 13.4. The molecule has 0 spiro atoms. The summed E-state index contributed by atoms with van der Waals surface area (Å²) in [6.07, 6.45) is 1.03. The summed E-state index contributed by atoms with van der Waals surface area (Å²) >= 11 is 1.59. The monoisotopic (exact) mass is 328 g/mol. The van der Waals surface area contributed by atoms with Crippen LogP contribution in [0.5, 0.6) is 5.75 Å². The fraction of sp³-hybridized carbons (Fsp3) is 0.176. The molecule has 0 atom stereocenters. The van der Waals surface area contributed by atoms with Crippen molar-refractivity contribution in [1.82, 2.24) is 5.16 Å². The molecule has 1 amide bonds. The van der Waals surface area contributed by atoms with Gasteiger partial charge in [0.2, 0.25) is 11.8 Å². The summed E-state index contributed by atoms with van der Waals surface area (Å²) in [5.74, 6) is 1.07. The summed E-state index contributed by atoms with van der Waals surface area (Å²) in [6.45, 7) is 0. The zero-order valence-electron chi connectivity index (χ0n) is 12.6. The highest BCUT2D eigenvalue weighted by Gasteiger charge is 2.10. The highest BCUT2D eigenvalue weighted by molar-refractivity contribution is 7.08. The van der Waals surface area contributed by atoms with Gasteiger partial charge in [0.15, 0.2) is 0 Å². The van der Waals surface area contributed by atoms with Crippen LogP contribution in [0.1, 0.15) is 12.0 Å². The summed E-state index contributed by atoms with van der Waals surface area (Å²) in [7, 11) is 1.63. The molecule has 0 aliphatic rings. The van der Waals surface area contributed by atoms with Crippen molar-refractivity contribution in [2.75, 3.05) is 12.4 Å². The molecule has 0 fully saturated rings. The molecule has 118 valence electrons. The summed E-state index contributed by atoms with van der Waals surface area (Å²) < 4.78 is 10.3. The van der Waals surface area contributed by atoms with E-state index >= 15 is 0 Å². The lowest BCUT2D eigenvalue weighted by Crippen LogP contribution is -2.11. The minimum Gasteiger partial charge on any atom is -0.497 e. The van der Waals surface area contributed by atoms with Crippen LogP contribution in [0.4, 0.5) is 5.88 Å². The van der Waals surface area contributed by atoms with E-state index in [9.17, 15) is 4.79 Å². The molecular formula is C17H16N2O3S. The normalized spacial score (nSPS) is 10.5. The molecule has 1 aromatic carbocycles. The van der Waals surface area contributed by atoms with E-state index < -0.39 is 0 Å². The predicted octanol–water partition coefficient (Wildman–Crippen LogP) is 3.98. The number of nitrogens with one attached hydrogen (secondary N) is 1. The maximum Gasteiger partial charge on any atom is 0.231 e. The molecule has 3 aromatic rings. The van der Waals surface area contributed by atoms with Crippen molar-refractivity contribution in [2.24, 2.45) is 0 Å². The Bertz CT molecular complexity index is 764. The van der Waals surface area contributed by atoms with Gasteiger partial charge in [-0.05, 0) is 35.6 Å². The standard InChI is InChI=1S/C17H16N2O3S/c1-21-14-5-2-12(3-6-14)4-7-16(20)18-17-10-15(19-22-17)13-8-9-23-11-13/h2-3,5-6,8-11H,4,7H2,1H3,(H,18,20). The number of nitrogens with zero attached hydrogens (tertiary/aromatic N) is 1. The molecule has 0 saturated carbocycles. The topological polar surface area (TPSA) is 64.4 Å². The first kappa shape index (κ1) is 15.3. The maximum absolute atomic E-state index is 12.0. The molecule has 0 saturated heterocycles. The first-order valence-electron chi connectivity index (χ1n) is 7.16. The molecule has 2 aromatic heterocycles. The molecular weight excluding hydrogens is 312 g/mol. The Morgan fingerprint density at radius 2 is 2.13 bits per heavy atom. The average Bonchev–Trinajstić information content (AvgIpc) is 3.24. The number of hydrogen-bond acceptors (Lipinski definition) is 5. The molecule has 0 radical (unpaired) electrons. The second-order valence-corrected chi connectivity index (χ2v) is 5.76. The lowest BCUT2D eigenvalue weighted by atomic mass is 10.1. The number of benzene rings is 1. The summed E-state index contributed by atoms with van der Waals surface area (Å²) in [6, 6.07) is 11.4. The van der Waals surface area contributed by atoms with Gasteiger partial charge in [-0.25, -0.2) is 0 Å². The van der Waals surface area contributed by atoms with E-state index in [1.807, 2.05) is 41.1 Å². The van der Waals surface area contributed by atoms with E-state index in [4.69, 9.17) is 9.26 Å². The number of ether oxygens (including phenoxy) is 1. The number of rotatable bonds is 6. The van der Waals surface area contributed by atoms with Crippen LogP contribution in [0, 0.1) is 0 Å². The number of amides is 1. The van der Waals surface area contributed by atoms with Crippen molar-refractivity contribution in [3.05, 3.63) is 52.7 Å². The van der Waals surface area contributed by atoms with Crippen LogP contribution in [0.3, 0.4) is 0 Å². The molecule has 2 heterocycles. The van der Waals surface area contributed by atoms with E-state index in [0.717, 1.165) is 22.6 Å². The highest BCUT2D eigenvalue weighted by atomic mass is 32.1. The predicted molar refractivity (Wildman–Crippen MR) is 89.8 cm³/mol. The fourth-order valence-corrected chi connectivity index (χ4v) is 2.78. The van der Waals surface area contributed by atoms with E-state index in [0.29, 0.717) is 18.7 Å². The van der Waals surface area contributed by atoms with Crippen molar-refractivity contribution in [2.45, 2.75) is 12.8 Å². The molecule has 0 bridgehead atoms. The zero-order chi connectivity index (χ0) is 16.1. The molecule has 6 heteroatoms. The van der Waals surface area contributed by atoms with Gasteiger partial charge in [-0.2, -0.15) is 11.3 Å². The summed E-state index contributed by atoms with van der Waals surface area (Å²) in [5, 5.41) is 10.6. The molecule has 23 heavy (non-hydrogen) atoms. The van der Waals surface area contributed by atoms with E-state index in [1.54, 1.807) is 24.5 Å². The van der Waals surface area contributed by atoms with Crippen LogP contribution in [0.2, 0.25) is 0 Å². The lowest BCUT2D eigenvalue weighted by Gasteiger charge is -2.03. The van der Waals surface area contributed by atoms with Crippen LogP contribution in [-0.4, -0.2) is 18.2 Å². The van der Waals surface area contributed by atoms with E-state index in [2.05, 4.69) is 10.5 Å². The number of hydrogen-bond donors (Lipinski definition) is 1. The molecule has 0 aliphatic carbocycles.